The number of hydrogen-bond donors (Lipinski definition) is 3. The molecular weight excluding hydrogens is 404 g/mol. The fourth-order valence-corrected chi connectivity index (χ4v) is 6.13. The maximum atomic E-state index is 12.9. The molecule has 154 valence electrons. The second kappa shape index (κ2) is 8.29. The summed E-state index contributed by atoms with van der Waals surface area (Å²) >= 11 is 2.99. The maximum Gasteiger partial charge on any atom is 0.329 e. The molecule has 0 radical (unpaired) electrons. The van der Waals surface area contributed by atoms with Gasteiger partial charge in [-0.15, -0.1) is 11.3 Å². The Hall–Kier alpha value is -1.17. The first-order chi connectivity index (χ1) is 13.5. The number of aryl methyl sites for hydroxylation is 2. The molecule has 1 saturated heterocycles. The molecule has 2 aromatic heterocycles. The lowest BCUT2D eigenvalue weighted by atomic mass is 9.97. The molecule has 2 aliphatic rings. The predicted octanol–water partition coefficient (Wildman–Crippen LogP) is 0.456. The van der Waals surface area contributed by atoms with E-state index in [0.29, 0.717) is 21.7 Å². The minimum atomic E-state index is -1.08. The Balaban J connectivity index is 1.44. The molecule has 2 aromatic rings. The number of fused-ring (bicyclic) bond motifs is 3. The van der Waals surface area contributed by atoms with Gasteiger partial charge in [-0.05, 0) is 31.2 Å². The van der Waals surface area contributed by atoms with E-state index in [0.717, 1.165) is 31.2 Å². The van der Waals surface area contributed by atoms with Gasteiger partial charge in [-0.3, -0.25) is 14.3 Å². The van der Waals surface area contributed by atoms with Gasteiger partial charge >= 0.3 is 5.69 Å². The van der Waals surface area contributed by atoms with Crippen LogP contribution >= 0.6 is 23.1 Å². The molecule has 4 rings (SSSR count). The molecule has 1 fully saturated rings. The molecule has 28 heavy (non-hydrogen) atoms. The Morgan fingerprint density at radius 1 is 1.29 bits per heavy atom. The van der Waals surface area contributed by atoms with E-state index in [-0.39, 0.29) is 17.8 Å². The van der Waals surface area contributed by atoms with Crippen molar-refractivity contribution in [2.45, 2.75) is 56.8 Å². The summed E-state index contributed by atoms with van der Waals surface area (Å²) in [5, 5.41) is 20.5. The fourth-order valence-electron chi connectivity index (χ4n) is 3.88. The largest absolute Gasteiger partial charge is 0.387 e. The third-order valence-corrected chi connectivity index (χ3v) is 7.63. The number of methoxy groups -OCH3 is 1. The topological polar surface area (TPSA) is 114 Å². The highest BCUT2D eigenvalue weighted by Crippen LogP contribution is 2.33. The molecular formula is C18H24N2O6S2. The number of rotatable bonds is 6. The molecule has 8 nitrogen and oxygen atoms in total. The van der Waals surface area contributed by atoms with Crippen LogP contribution in [0.2, 0.25) is 0 Å². The van der Waals surface area contributed by atoms with Crippen molar-refractivity contribution in [3.05, 3.63) is 31.3 Å². The summed E-state index contributed by atoms with van der Waals surface area (Å²) in [6.45, 7) is 0.276. The van der Waals surface area contributed by atoms with Gasteiger partial charge < -0.3 is 19.7 Å². The quantitative estimate of drug-likeness (QED) is 0.573. The van der Waals surface area contributed by atoms with Gasteiger partial charge in [0.25, 0.3) is 5.56 Å². The summed E-state index contributed by atoms with van der Waals surface area (Å²) in [5.41, 5.74) is 0.505. The van der Waals surface area contributed by atoms with E-state index >= 15 is 0 Å². The predicted molar refractivity (Wildman–Crippen MR) is 108 cm³/mol. The van der Waals surface area contributed by atoms with Crippen molar-refractivity contribution in [2.75, 3.05) is 18.6 Å². The minimum Gasteiger partial charge on any atom is -0.387 e. The molecule has 0 bridgehead atoms. The summed E-state index contributed by atoms with van der Waals surface area (Å²) in [7, 11) is 1.41. The average Bonchev–Trinajstić information content (AvgIpc) is 3.18. The average molecular weight is 429 g/mol. The van der Waals surface area contributed by atoms with Crippen LogP contribution in [0, 0.1) is 0 Å². The van der Waals surface area contributed by atoms with Gasteiger partial charge in [0.05, 0.1) is 11.5 Å². The first-order valence-electron chi connectivity index (χ1n) is 9.40. The van der Waals surface area contributed by atoms with Crippen molar-refractivity contribution in [3.8, 4) is 0 Å². The second-order valence-electron chi connectivity index (χ2n) is 7.14. The third-order valence-electron chi connectivity index (χ3n) is 5.39. The summed E-state index contributed by atoms with van der Waals surface area (Å²) in [4.78, 5) is 30.1. The minimum absolute atomic E-state index is 0.217. The van der Waals surface area contributed by atoms with Crippen LogP contribution in [0.1, 0.15) is 23.3 Å². The normalized spacial score (nSPS) is 27.4. The Morgan fingerprint density at radius 2 is 2.07 bits per heavy atom. The van der Waals surface area contributed by atoms with E-state index < -0.39 is 24.6 Å². The van der Waals surface area contributed by atoms with Crippen molar-refractivity contribution in [1.82, 2.24) is 9.55 Å². The molecule has 0 unspecified atom stereocenters. The zero-order valence-corrected chi connectivity index (χ0v) is 17.2. The fraction of sp³-hybridized carbons (Fsp3) is 0.667. The number of ether oxygens (including phenoxy) is 2. The Morgan fingerprint density at radius 3 is 2.82 bits per heavy atom. The summed E-state index contributed by atoms with van der Waals surface area (Å²) in [6.07, 6.45) is 0.596. The molecule has 3 heterocycles. The van der Waals surface area contributed by atoms with Crippen molar-refractivity contribution >= 4 is 33.3 Å². The van der Waals surface area contributed by atoms with Crippen molar-refractivity contribution < 1.29 is 19.7 Å². The zero-order valence-electron chi connectivity index (χ0n) is 15.6. The smallest absolute Gasteiger partial charge is 0.329 e. The van der Waals surface area contributed by atoms with E-state index in [1.807, 2.05) is 0 Å². The van der Waals surface area contributed by atoms with Gasteiger partial charge in [0, 0.05) is 30.0 Å². The number of thioether (sulfide) groups is 1. The highest BCUT2D eigenvalue weighted by Gasteiger charge is 2.42. The van der Waals surface area contributed by atoms with Crippen LogP contribution in [0.5, 0.6) is 0 Å². The lowest BCUT2D eigenvalue weighted by Gasteiger charge is -2.14. The molecule has 10 heteroatoms. The highest BCUT2D eigenvalue weighted by atomic mass is 32.2. The number of nitrogens with zero attached hydrogens (tertiary/aromatic N) is 1. The molecule has 1 aliphatic heterocycles. The van der Waals surface area contributed by atoms with E-state index in [2.05, 4.69) is 4.98 Å². The summed E-state index contributed by atoms with van der Waals surface area (Å²) in [6, 6.07) is 0. The van der Waals surface area contributed by atoms with E-state index in [4.69, 9.17) is 9.47 Å². The van der Waals surface area contributed by atoms with Crippen LogP contribution in [0.15, 0.2) is 9.59 Å². The van der Waals surface area contributed by atoms with Crippen LogP contribution in [0.4, 0.5) is 0 Å². The highest BCUT2D eigenvalue weighted by molar-refractivity contribution is 7.99. The van der Waals surface area contributed by atoms with Crippen LogP contribution in [-0.2, 0) is 28.9 Å². The number of aliphatic hydroxyl groups is 2. The first kappa shape index (κ1) is 20.1. The van der Waals surface area contributed by atoms with Crippen molar-refractivity contribution in [2.24, 2.45) is 0 Å². The van der Waals surface area contributed by atoms with Gasteiger partial charge in [0.1, 0.15) is 17.0 Å². The number of thiophene rings is 1. The number of aromatic amines is 1. The molecule has 0 spiro atoms. The molecule has 4 atom stereocenters. The van der Waals surface area contributed by atoms with E-state index in [9.17, 15) is 19.8 Å². The van der Waals surface area contributed by atoms with Crippen LogP contribution in [0.3, 0.4) is 0 Å². The van der Waals surface area contributed by atoms with Crippen LogP contribution in [0.25, 0.3) is 10.2 Å². The number of H-pyrrole nitrogens is 1. The first-order valence-corrected chi connectivity index (χ1v) is 11.4. The summed E-state index contributed by atoms with van der Waals surface area (Å²) in [5.74, 6) is 0.946. The van der Waals surface area contributed by atoms with Gasteiger partial charge in [0.2, 0.25) is 0 Å². The van der Waals surface area contributed by atoms with Crippen LogP contribution in [-0.4, -0.2) is 63.0 Å². The van der Waals surface area contributed by atoms with Crippen LogP contribution < -0.4 is 11.2 Å². The van der Waals surface area contributed by atoms with Crippen molar-refractivity contribution in [3.63, 3.8) is 0 Å². The third kappa shape index (κ3) is 3.57. The molecule has 0 amide bonds. The standard InChI is InChI=1S/C18H24N2O6S2/c1-25-17-14(22)13(21)10(26-17)8-27-7-6-20-16(23)12-9-4-2-3-5-11(9)28-15(12)19-18(20)24/h10,13-14,17,21-22H,2-8H2,1H3,(H,19,24)/t10-,13-,14+,17+/m1/s1. The van der Waals surface area contributed by atoms with Crippen molar-refractivity contribution in [1.29, 1.82) is 0 Å². The number of nitrogens with one attached hydrogen (secondary N) is 1. The van der Waals surface area contributed by atoms with Gasteiger partial charge in [-0.2, -0.15) is 11.8 Å². The number of aliphatic hydroxyl groups excluding tert-OH is 2. The van der Waals surface area contributed by atoms with Gasteiger partial charge in [0.15, 0.2) is 6.29 Å². The lowest BCUT2D eigenvalue weighted by molar-refractivity contribution is -0.145. The number of hydrogen-bond acceptors (Lipinski definition) is 8. The Kier molecular flexibility index (Phi) is 5.96. The second-order valence-corrected chi connectivity index (χ2v) is 9.39. The van der Waals surface area contributed by atoms with Gasteiger partial charge in [-0.25, -0.2) is 4.79 Å². The Labute approximate surface area is 169 Å². The zero-order chi connectivity index (χ0) is 19.8. The molecule has 0 aromatic carbocycles. The van der Waals surface area contributed by atoms with E-state index in [1.165, 1.54) is 39.7 Å². The Bertz CT molecular complexity index is 967. The monoisotopic (exact) mass is 428 g/mol. The SMILES string of the molecule is CO[C@H]1O[C@H](CSCCn2c(=O)[nH]c3sc4c(c3c2=O)CCCC4)[C@@H](O)[C@@H]1O. The molecule has 1 aliphatic carbocycles. The molecule has 3 N–H and O–H groups in total. The summed E-state index contributed by atoms with van der Waals surface area (Å²) < 4.78 is 11.7. The van der Waals surface area contributed by atoms with E-state index in [1.54, 1.807) is 0 Å². The maximum absolute atomic E-state index is 12.9. The molecule has 0 saturated carbocycles. The lowest BCUT2D eigenvalue weighted by Crippen LogP contribution is -2.36. The van der Waals surface area contributed by atoms with Gasteiger partial charge in [-0.1, -0.05) is 0 Å². The number of aromatic nitrogens is 2.